The SMILES string of the molecule is O[C@H]1CCN(c2cccc(Cl)n2)C1. The van der Waals surface area contributed by atoms with Crippen LogP contribution < -0.4 is 4.90 Å². The number of pyridine rings is 1. The highest BCUT2D eigenvalue weighted by molar-refractivity contribution is 6.29. The van der Waals surface area contributed by atoms with Gasteiger partial charge in [-0.25, -0.2) is 4.98 Å². The summed E-state index contributed by atoms with van der Waals surface area (Å²) in [5.74, 6) is 0.851. The summed E-state index contributed by atoms with van der Waals surface area (Å²) < 4.78 is 0. The number of aromatic nitrogens is 1. The third-order valence-electron chi connectivity index (χ3n) is 2.19. The number of hydrogen-bond donors (Lipinski definition) is 1. The number of hydrogen-bond acceptors (Lipinski definition) is 3. The summed E-state index contributed by atoms with van der Waals surface area (Å²) in [7, 11) is 0. The largest absolute Gasteiger partial charge is 0.391 e. The van der Waals surface area contributed by atoms with Crippen molar-refractivity contribution >= 4 is 17.4 Å². The smallest absolute Gasteiger partial charge is 0.131 e. The second-order valence-electron chi connectivity index (χ2n) is 3.21. The van der Waals surface area contributed by atoms with Crippen LogP contribution in [0.5, 0.6) is 0 Å². The van der Waals surface area contributed by atoms with Gasteiger partial charge in [0.25, 0.3) is 0 Å². The van der Waals surface area contributed by atoms with Crippen LogP contribution in [0.1, 0.15) is 6.42 Å². The molecule has 0 aromatic carbocycles. The van der Waals surface area contributed by atoms with Gasteiger partial charge in [-0.15, -0.1) is 0 Å². The first-order chi connectivity index (χ1) is 6.25. The van der Waals surface area contributed by atoms with Crippen molar-refractivity contribution in [1.82, 2.24) is 4.98 Å². The lowest BCUT2D eigenvalue weighted by atomic mass is 10.3. The third kappa shape index (κ3) is 1.92. The van der Waals surface area contributed by atoms with E-state index in [1.165, 1.54) is 0 Å². The first-order valence-electron chi connectivity index (χ1n) is 4.31. The molecule has 70 valence electrons. The second-order valence-corrected chi connectivity index (χ2v) is 3.59. The maximum absolute atomic E-state index is 9.33. The molecule has 2 rings (SSSR count). The minimum Gasteiger partial charge on any atom is -0.391 e. The Kier molecular flexibility index (Phi) is 2.38. The summed E-state index contributed by atoms with van der Waals surface area (Å²) in [6, 6.07) is 5.52. The van der Waals surface area contributed by atoms with Crippen LogP contribution in [0.15, 0.2) is 18.2 Å². The molecule has 1 aromatic heterocycles. The maximum atomic E-state index is 9.33. The Labute approximate surface area is 82.0 Å². The molecule has 2 heterocycles. The van der Waals surface area contributed by atoms with E-state index in [4.69, 9.17) is 11.6 Å². The zero-order valence-electron chi connectivity index (χ0n) is 7.15. The fraction of sp³-hybridized carbons (Fsp3) is 0.444. The van der Waals surface area contributed by atoms with Gasteiger partial charge in [0, 0.05) is 13.1 Å². The summed E-state index contributed by atoms with van der Waals surface area (Å²) in [5.41, 5.74) is 0. The van der Waals surface area contributed by atoms with Gasteiger partial charge in [0.1, 0.15) is 11.0 Å². The van der Waals surface area contributed by atoms with Gasteiger partial charge in [-0.05, 0) is 18.6 Å². The number of anilines is 1. The molecule has 1 saturated heterocycles. The summed E-state index contributed by atoms with van der Waals surface area (Å²) in [6.07, 6.45) is 0.592. The average molecular weight is 199 g/mol. The van der Waals surface area contributed by atoms with Gasteiger partial charge >= 0.3 is 0 Å². The van der Waals surface area contributed by atoms with Crippen molar-refractivity contribution in [3.63, 3.8) is 0 Å². The summed E-state index contributed by atoms with van der Waals surface area (Å²) in [5, 5.41) is 9.83. The van der Waals surface area contributed by atoms with Crippen LogP contribution in [-0.4, -0.2) is 29.3 Å². The van der Waals surface area contributed by atoms with Crippen LogP contribution in [0.2, 0.25) is 5.15 Å². The van der Waals surface area contributed by atoms with Crippen LogP contribution in [0, 0.1) is 0 Å². The number of β-amino-alcohol motifs (C(OH)–C–C–N with tert-alkyl or cyclic N) is 1. The highest BCUT2D eigenvalue weighted by atomic mass is 35.5. The molecule has 1 aliphatic rings. The number of aliphatic hydroxyl groups is 1. The lowest BCUT2D eigenvalue weighted by Gasteiger charge is -2.15. The van der Waals surface area contributed by atoms with Crippen LogP contribution in [0.3, 0.4) is 0 Å². The number of rotatable bonds is 1. The van der Waals surface area contributed by atoms with Crippen molar-refractivity contribution in [1.29, 1.82) is 0 Å². The normalized spacial score (nSPS) is 22.3. The van der Waals surface area contributed by atoms with Gasteiger partial charge in [0.2, 0.25) is 0 Å². The van der Waals surface area contributed by atoms with E-state index in [0.29, 0.717) is 11.7 Å². The Bertz CT molecular complexity index is 305. The predicted octanol–water partition coefficient (Wildman–Crippen LogP) is 1.31. The van der Waals surface area contributed by atoms with E-state index < -0.39 is 0 Å². The molecule has 3 nitrogen and oxygen atoms in total. The minimum absolute atomic E-state index is 0.221. The fourth-order valence-electron chi connectivity index (χ4n) is 1.52. The molecule has 1 fully saturated rings. The molecule has 4 heteroatoms. The van der Waals surface area contributed by atoms with Gasteiger partial charge in [0.05, 0.1) is 6.10 Å². The molecule has 0 aliphatic carbocycles. The van der Waals surface area contributed by atoms with Crippen molar-refractivity contribution in [3.05, 3.63) is 23.4 Å². The van der Waals surface area contributed by atoms with Crippen molar-refractivity contribution in [3.8, 4) is 0 Å². The molecule has 0 spiro atoms. The van der Waals surface area contributed by atoms with E-state index in [2.05, 4.69) is 4.98 Å². The molecular formula is C9H11ClN2O. The Morgan fingerprint density at radius 3 is 3.00 bits per heavy atom. The molecule has 1 aromatic rings. The fourth-order valence-corrected chi connectivity index (χ4v) is 1.68. The van der Waals surface area contributed by atoms with Crippen molar-refractivity contribution in [2.75, 3.05) is 18.0 Å². The molecule has 1 aliphatic heterocycles. The van der Waals surface area contributed by atoms with E-state index in [1.807, 2.05) is 17.0 Å². The predicted molar refractivity (Wildman–Crippen MR) is 52.1 cm³/mol. The number of halogens is 1. The Balaban J connectivity index is 2.16. The monoisotopic (exact) mass is 198 g/mol. The highest BCUT2D eigenvalue weighted by Crippen LogP contribution is 2.19. The lowest BCUT2D eigenvalue weighted by molar-refractivity contribution is 0.198. The summed E-state index contributed by atoms with van der Waals surface area (Å²) in [6.45, 7) is 1.52. The molecule has 0 bridgehead atoms. The first-order valence-corrected chi connectivity index (χ1v) is 4.69. The van der Waals surface area contributed by atoms with E-state index in [1.54, 1.807) is 6.07 Å². The van der Waals surface area contributed by atoms with Crippen LogP contribution >= 0.6 is 11.6 Å². The Morgan fingerprint density at radius 2 is 2.38 bits per heavy atom. The van der Waals surface area contributed by atoms with Gasteiger partial charge < -0.3 is 10.0 Å². The van der Waals surface area contributed by atoms with Gasteiger partial charge in [-0.2, -0.15) is 0 Å². The van der Waals surface area contributed by atoms with Crippen LogP contribution in [0.25, 0.3) is 0 Å². The highest BCUT2D eigenvalue weighted by Gasteiger charge is 2.20. The molecular weight excluding hydrogens is 188 g/mol. The lowest BCUT2D eigenvalue weighted by Crippen LogP contribution is -2.22. The van der Waals surface area contributed by atoms with Crippen LogP contribution in [0.4, 0.5) is 5.82 Å². The van der Waals surface area contributed by atoms with Gasteiger partial charge in [0.15, 0.2) is 0 Å². The topological polar surface area (TPSA) is 36.4 Å². The van der Waals surface area contributed by atoms with E-state index in [9.17, 15) is 5.11 Å². The number of aliphatic hydroxyl groups excluding tert-OH is 1. The molecule has 1 atom stereocenters. The van der Waals surface area contributed by atoms with E-state index in [-0.39, 0.29) is 6.10 Å². The van der Waals surface area contributed by atoms with Crippen molar-refractivity contribution in [2.24, 2.45) is 0 Å². The molecule has 0 radical (unpaired) electrons. The van der Waals surface area contributed by atoms with E-state index in [0.717, 1.165) is 18.8 Å². The van der Waals surface area contributed by atoms with Crippen molar-refractivity contribution in [2.45, 2.75) is 12.5 Å². The molecule has 0 unspecified atom stereocenters. The minimum atomic E-state index is -0.221. The molecule has 0 saturated carbocycles. The first kappa shape index (κ1) is 8.78. The molecule has 1 N–H and O–H groups in total. The van der Waals surface area contributed by atoms with Gasteiger partial charge in [-0.3, -0.25) is 0 Å². The second kappa shape index (κ2) is 3.52. The average Bonchev–Trinajstić information content (AvgIpc) is 2.52. The quantitative estimate of drug-likeness (QED) is 0.692. The number of nitrogens with zero attached hydrogens (tertiary/aromatic N) is 2. The molecule has 0 amide bonds. The maximum Gasteiger partial charge on any atom is 0.131 e. The standard InChI is InChI=1S/C9H11ClN2O/c10-8-2-1-3-9(11-8)12-5-4-7(13)6-12/h1-3,7,13H,4-6H2/t7-/m0/s1. The van der Waals surface area contributed by atoms with Gasteiger partial charge in [-0.1, -0.05) is 17.7 Å². The third-order valence-corrected chi connectivity index (χ3v) is 2.40. The summed E-state index contributed by atoms with van der Waals surface area (Å²) >= 11 is 5.76. The Morgan fingerprint density at radius 1 is 1.54 bits per heavy atom. The molecule has 13 heavy (non-hydrogen) atoms. The van der Waals surface area contributed by atoms with Crippen LogP contribution in [-0.2, 0) is 0 Å². The zero-order chi connectivity index (χ0) is 9.26. The Hall–Kier alpha value is -0.800. The zero-order valence-corrected chi connectivity index (χ0v) is 7.91. The summed E-state index contributed by atoms with van der Waals surface area (Å²) in [4.78, 5) is 6.21. The van der Waals surface area contributed by atoms with Crippen molar-refractivity contribution < 1.29 is 5.11 Å². The van der Waals surface area contributed by atoms with E-state index >= 15 is 0 Å².